The van der Waals surface area contributed by atoms with E-state index in [2.05, 4.69) is 10.0 Å². The lowest BCUT2D eigenvalue weighted by Gasteiger charge is -2.17. The summed E-state index contributed by atoms with van der Waals surface area (Å²) in [5.41, 5.74) is 0. The molecule has 0 aromatic heterocycles. The summed E-state index contributed by atoms with van der Waals surface area (Å²) < 4.78 is 31.7. The third-order valence-electron chi connectivity index (χ3n) is 3.06. The van der Waals surface area contributed by atoms with Crippen molar-refractivity contribution >= 4 is 10.0 Å². The highest BCUT2D eigenvalue weighted by atomic mass is 32.2. The first-order valence-corrected chi connectivity index (χ1v) is 7.45. The number of sulfonamides is 1. The van der Waals surface area contributed by atoms with Crippen LogP contribution in [0.5, 0.6) is 0 Å². The molecule has 94 valence electrons. The summed E-state index contributed by atoms with van der Waals surface area (Å²) in [6.45, 7) is 3.44. The van der Waals surface area contributed by atoms with Crippen LogP contribution in [-0.2, 0) is 14.8 Å². The number of ether oxygens (including phenoxy) is 1. The molecule has 1 saturated carbocycles. The minimum Gasteiger partial charge on any atom is -0.380 e. The molecule has 0 bridgehead atoms. The fourth-order valence-corrected chi connectivity index (χ4v) is 2.90. The molecule has 2 fully saturated rings. The van der Waals surface area contributed by atoms with Crippen molar-refractivity contribution in [1.29, 1.82) is 0 Å². The fourth-order valence-electron chi connectivity index (χ4n) is 1.71. The van der Waals surface area contributed by atoms with Crippen LogP contribution in [0.25, 0.3) is 0 Å². The first-order valence-electron chi connectivity index (χ1n) is 5.90. The van der Waals surface area contributed by atoms with Crippen molar-refractivity contribution in [2.75, 3.05) is 19.8 Å². The maximum atomic E-state index is 11.9. The van der Waals surface area contributed by atoms with Crippen molar-refractivity contribution in [1.82, 2.24) is 10.0 Å². The Kier molecular flexibility index (Phi) is 3.84. The molecule has 5 nitrogen and oxygen atoms in total. The van der Waals surface area contributed by atoms with Crippen molar-refractivity contribution < 1.29 is 13.2 Å². The highest BCUT2D eigenvalue weighted by molar-refractivity contribution is 7.90. The van der Waals surface area contributed by atoms with Crippen LogP contribution in [0.3, 0.4) is 0 Å². The number of rotatable bonds is 6. The topological polar surface area (TPSA) is 67.4 Å². The molecule has 1 aliphatic heterocycles. The van der Waals surface area contributed by atoms with Gasteiger partial charge in [-0.05, 0) is 26.2 Å². The lowest BCUT2D eigenvalue weighted by atomic mass is 10.3. The molecule has 2 rings (SSSR count). The van der Waals surface area contributed by atoms with Crippen LogP contribution in [0.15, 0.2) is 0 Å². The zero-order chi connectivity index (χ0) is 11.6. The second-order valence-corrected chi connectivity index (χ2v) is 6.85. The molecule has 0 aromatic rings. The second kappa shape index (κ2) is 5.00. The van der Waals surface area contributed by atoms with Gasteiger partial charge in [-0.2, -0.15) is 0 Å². The van der Waals surface area contributed by atoms with E-state index in [0.29, 0.717) is 25.8 Å². The SMILES string of the molecule is CC(CNC1CC1)S(=O)(=O)NC1CCOC1. The maximum Gasteiger partial charge on any atom is 0.215 e. The first kappa shape index (κ1) is 12.3. The molecule has 0 amide bonds. The summed E-state index contributed by atoms with van der Waals surface area (Å²) in [5, 5.41) is 2.86. The van der Waals surface area contributed by atoms with E-state index in [1.54, 1.807) is 6.92 Å². The Morgan fingerprint density at radius 3 is 2.62 bits per heavy atom. The molecule has 0 radical (unpaired) electrons. The van der Waals surface area contributed by atoms with Gasteiger partial charge in [0.15, 0.2) is 0 Å². The molecule has 2 atom stereocenters. The highest BCUT2D eigenvalue weighted by Gasteiger charge is 2.28. The van der Waals surface area contributed by atoms with E-state index in [-0.39, 0.29) is 11.3 Å². The van der Waals surface area contributed by atoms with Gasteiger partial charge in [-0.15, -0.1) is 0 Å². The van der Waals surface area contributed by atoms with Gasteiger partial charge in [-0.25, -0.2) is 13.1 Å². The lowest BCUT2D eigenvalue weighted by Crippen LogP contribution is -2.44. The predicted octanol–water partition coefficient (Wildman–Crippen LogP) is -0.165. The Hall–Kier alpha value is -0.170. The zero-order valence-electron chi connectivity index (χ0n) is 9.61. The Morgan fingerprint density at radius 1 is 1.31 bits per heavy atom. The molecule has 1 saturated heterocycles. The van der Waals surface area contributed by atoms with Crippen molar-refractivity contribution in [3.05, 3.63) is 0 Å². The lowest BCUT2D eigenvalue weighted by molar-refractivity contribution is 0.192. The number of hydrogen-bond acceptors (Lipinski definition) is 4. The van der Waals surface area contributed by atoms with Gasteiger partial charge in [0.1, 0.15) is 0 Å². The molecular formula is C10H20N2O3S. The molecule has 1 heterocycles. The summed E-state index contributed by atoms with van der Waals surface area (Å²) in [6, 6.07) is 0.515. The third kappa shape index (κ3) is 3.41. The Morgan fingerprint density at radius 2 is 2.06 bits per heavy atom. The summed E-state index contributed by atoms with van der Waals surface area (Å²) in [5.74, 6) is 0. The first-order chi connectivity index (χ1) is 7.58. The van der Waals surface area contributed by atoms with Gasteiger partial charge in [0.05, 0.1) is 11.9 Å². The fraction of sp³-hybridized carbons (Fsp3) is 1.00. The summed E-state index contributed by atoms with van der Waals surface area (Å²) in [6.07, 6.45) is 3.13. The predicted molar refractivity (Wildman–Crippen MR) is 61.8 cm³/mol. The van der Waals surface area contributed by atoms with E-state index in [1.807, 2.05) is 0 Å². The van der Waals surface area contributed by atoms with Gasteiger partial charge in [-0.3, -0.25) is 0 Å². The molecular weight excluding hydrogens is 228 g/mol. The maximum absolute atomic E-state index is 11.9. The van der Waals surface area contributed by atoms with Crippen molar-refractivity contribution in [2.45, 2.75) is 43.5 Å². The highest BCUT2D eigenvalue weighted by Crippen LogP contribution is 2.18. The number of nitrogens with one attached hydrogen (secondary N) is 2. The molecule has 1 aliphatic carbocycles. The average molecular weight is 248 g/mol. The molecule has 2 aliphatic rings. The molecule has 2 N–H and O–H groups in total. The van der Waals surface area contributed by atoms with Gasteiger partial charge in [0.25, 0.3) is 0 Å². The summed E-state index contributed by atoms with van der Waals surface area (Å²) >= 11 is 0. The van der Waals surface area contributed by atoms with Crippen LogP contribution in [-0.4, -0.2) is 45.5 Å². The Bertz CT molecular complexity index is 321. The summed E-state index contributed by atoms with van der Waals surface area (Å²) in [7, 11) is -3.20. The van der Waals surface area contributed by atoms with Gasteiger partial charge in [0, 0.05) is 25.2 Å². The van der Waals surface area contributed by atoms with Crippen molar-refractivity contribution in [3.8, 4) is 0 Å². The second-order valence-electron chi connectivity index (χ2n) is 4.72. The van der Waals surface area contributed by atoms with Crippen LogP contribution in [0.1, 0.15) is 26.2 Å². The van der Waals surface area contributed by atoms with Crippen LogP contribution in [0.4, 0.5) is 0 Å². The Labute approximate surface area is 97.0 Å². The van der Waals surface area contributed by atoms with Crippen molar-refractivity contribution in [3.63, 3.8) is 0 Å². The minimum atomic E-state index is -3.20. The molecule has 0 aromatic carbocycles. The van der Waals surface area contributed by atoms with Crippen LogP contribution in [0.2, 0.25) is 0 Å². The third-order valence-corrected chi connectivity index (χ3v) is 4.95. The zero-order valence-corrected chi connectivity index (χ0v) is 10.4. The molecule has 16 heavy (non-hydrogen) atoms. The minimum absolute atomic E-state index is 0.0339. The standard InChI is InChI=1S/C10H20N2O3S/c1-8(6-11-9-2-3-9)16(13,14)12-10-4-5-15-7-10/h8-12H,2-7H2,1H3. The van der Waals surface area contributed by atoms with E-state index in [9.17, 15) is 8.42 Å². The van der Waals surface area contributed by atoms with E-state index in [1.165, 1.54) is 12.8 Å². The van der Waals surface area contributed by atoms with Gasteiger partial charge >= 0.3 is 0 Å². The van der Waals surface area contributed by atoms with Crippen LogP contribution >= 0.6 is 0 Å². The molecule has 2 unspecified atom stereocenters. The Balaban J connectivity index is 1.78. The quantitative estimate of drug-likeness (QED) is 0.685. The molecule has 6 heteroatoms. The monoisotopic (exact) mass is 248 g/mol. The smallest absolute Gasteiger partial charge is 0.215 e. The van der Waals surface area contributed by atoms with E-state index in [0.717, 1.165) is 6.42 Å². The largest absolute Gasteiger partial charge is 0.380 e. The van der Waals surface area contributed by atoms with E-state index < -0.39 is 10.0 Å². The van der Waals surface area contributed by atoms with Gasteiger partial charge in [0.2, 0.25) is 10.0 Å². The normalized spacial score (nSPS) is 28.2. The van der Waals surface area contributed by atoms with Crippen LogP contribution in [0, 0.1) is 0 Å². The van der Waals surface area contributed by atoms with E-state index in [4.69, 9.17) is 4.74 Å². The van der Waals surface area contributed by atoms with Gasteiger partial charge < -0.3 is 10.1 Å². The van der Waals surface area contributed by atoms with Gasteiger partial charge in [-0.1, -0.05) is 0 Å². The average Bonchev–Trinajstić information content (AvgIpc) is 2.93. The van der Waals surface area contributed by atoms with Crippen molar-refractivity contribution in [2.24, 2.45) is 0 Å². The number of hydrogen-bond donors (Lipinski definition) is 2. The van der Waals surface area contributed by atoms with Crippen LogP contribution < -0.4 is 10.0 Å². The van der Waals surface area contributed by atoms with E-state index >= 15 is 0 Å². The summed E-state index contributed by atoms with van der Waals surface area (Å²) in [4.78, 5) is 0. The molecule has 0 spiro atoms.